The van der Waals surface area contributed by atoms with Gasteiger partial charge in [0.1, 0.15) is 18.3 Å². The van der Waals surface area contributed by atoms with Crippen LogP contribution in [0.1, 0.15) is 6.92 Å². The molecule has 0 saturated carbocycles. The molecule has 0 fully saturated rings. The largest absolute Gasteiger partial charge is 0.411 e. The molecule has 0 spiro atoms. The van der Waals surface area contributed by atoms with Crippen LogP contribution in [-0.2, 0) is 4.84 Å². The number of imidazole rings is 1. The monoisotopic (exact) mass is 194 g/mol. The molecule has 6 heteroatoms. The minimum atomic E-state index is -0.287. The normalized spacial score (nSPS) is 20.1. The number of carbonyl (C=O) groups is 1. The molecule has 1 aromatic heterocycles. The van der Waals surface area contributed by atoms with Gasteiger partial charge in [-0.05, 0) is 13.0 Å². The van der Waals surface area contributed by atoms with Crippen LogP contribution in [0.2, 0.25) is 0 Å². The van der Waals surface area contributed by atoms with Crippen LogP contribution in [0.25, 0.3) is 0 Å². The Morgan fingerprint density at radius 2 is 2.64 bits per heavy atom. The average Bonchev–Trinajstić information content (AvgIpc) is 2.75. The second-order valence-corrected chi connectivity index (χ2v) is 2.89. The SMILES string of the molecule is CC1=CC(NC(=O)n2ccnc2)NO1. The standard InChI is InChI=1S/C8H10N4O2/c1-6-4-7(11-14-6)10-8(13)12-3-2-9-5-12/h2-5,7,11H,1H3,(H,10,13). The molecule has 14 heavy (non-hydrogen) atoms. The van der Waals surface area contributed by atoms with Gasteiger partial charge >= 0.3 is 6.03 Å². The third kappa shape index (κ3) is 1.74. The molecule has 6 nitrogen and oxygen atoms in total. The second-order valence-electron chi connectivity index (χ2n) is 2.89. The van der Waals surface area contributed by atoms with Crippen molar-refractivity contribution < 1.29 is 9.63 Å². The maximum absolute atomic E-state index is 11.5. The highest BCUT2D eigenvalue weighted by atomic mass is 16.7. The van der Waals surface area contributed by atoms with Crippen molar-refractivity contribution in [3.8, 4) is 0 Å². The Labute approximate surface area is 80.5 Å². The van der Waals surface area contributed by atoms with Crippen molar-refractivity contribution in [2.45, 2.75) is 13.1 Å². The predicted molar refractivity (Wildman–Crippen MR) is 47.9 cm³/mol. The first-order valence-electron chi connectivity index (χ1n) is 4.15. The quantitative estimate of drug-likeness (QED) is 0.670. The number of hydroxylamine groups is 1. The molecule has 0 aromatic carbocycles. The molecule has 1 aliphatic rings. The van der Waals surface area contributed by atoms with E-state index < -0.39 is 0 Å². The van der Waals surface area contributed by atoms with Crippen LogP contribution >= 0.6 is 0 Å². The Hall–Kier alpha value is -1.82. The molecule has 1 aliphatic heterocycles. The summed E-state index contributed by atoms with van der Waals surface area (Å²) in [6.45, 7) is 1.80. The molecule has 1 amide bonds. The Morgan fingerprint density at radius 3 is 3.21 bits per heavy atom. The molecule has 1 atom stereocenters. The van der Waals surface area contributed by atoms with E-state index in [2.05, 4.69) is 15.8 Å². The summed E-state index contributed by atoms with van der Waals surface area (Å²) in [7, 11) is 0. The number of aromatic nitrogens is 2. The van der Waals surface area contributed by atoms with E-state index in [0.717, 1.165) is 5.76 Å². The fraction of sp³-hybridized carbons (Fsp3) is 0.250. The number of hydrogen-bond acceptors (Lipinski definition) is 4. The van der Waals surface area contributed by atoms with Gasteiger partial charge in [-0.25, -0.2) is 9.78 Å². The molecular weight excluding hydrogens is 184 g/mol. The number of nitrogens with one attached hydrogen (secondary N) is 2. The van der Waals surface area contributed by atoms with E-state index in [0.29, 0.717) is 0 Å². The number of allylic oxidation sites excluding steroid dienone is 1. The third-order valence-electron chi connectivity index (χ3n) is 1.77. The van der Waals surface area contributed by atoms with E-state index in [1.54, 1.807) is 25.4 Å². The summed E-state index contributed by atoms with van der Waals surface area (Å²) in [6.07, 6.45) is 6.03. The lowest BCUT2D eigenvalue weighted by molar-refractivity contribution is 0.110. The third-order valence-corrected chi connectivity index (χ3v) is 1.77. The van der Waals surface area contributed by atoms with Gasteiger partial charge in [-0.1, -0.05) is 0 Å². The van der Waals surface area contributed by atoms with Gasteiger partial charge in [0.15, 0.2) is 0 Å². The fourth-order valence-corrected chi connectivity index (χ4v) is 1.12. The molecule has 2 N–H and O–H groups in total. The Kier molecular flexibility index (Phi) is 2.19. The summed E-state index contributed by atoms with van der Waals surface area (Å²) in [5.41, 5.74) is 2.64. The summed E-state index contributed by atoms with van der Waals surface area (Å²) < 4.78 is 1.35. The highest BCUT2D eigenvalue weighted by Gasteiger charge is 2.16. The molecular formula is C8H10N4O2. The maximum atomic E-state index is 11.5. The lowest BCUT2D eigenvalue weighted by Crippen LogP contribution is -2.42. The van der Waals surface area contributed by atoms with Gasteiger partial charge < -0.3 is 10.2 Å². The Balaban J connectivity index is 1.96. The maximum Gasteiger partial charge on any atom is 0.328 e. The van der Waals surface area contributed by atoms with Gasteiger partial charge in [0.05, 0.1) is 0 Å². The van der Waals surface area contributed by atoms with E-state index in [1.807, 2.05) is 0 Å². The number of hydrogen-bond donors (Lipinski definition) is 2. The second kappa shape index (κ2) is 3.51. The van der Waals surface area contributed by atoms with E-state index in [4.69, 9.17) is 4.84 Å². The van der Waals surface area contributed by atoms with Crippen LogP contribution < -0.4 is 10.8 Å². The van der Waals surface area contributed by atoms with Crippen molar-refractivity contribution >= 4 is 6.03 Å². The molecule has 2 heterocycles. The number of rotatable bonds is 1. The van der Waals surface area contributed by atoms with Crippen molar-refractivity contribution in [3.05, 3.63) is 30.6 Å². The Bertz CT molecular complexity index is 357. The average molecular weight is 194 g/mol. The summed E-state index contributed by atoms with van der Waals surface area (Å²) in [4.78, 5) is 20.2. The lowest BCUT2D eigenvalue weighted by atomic mass is 10.4. The minimum absolute atomic E-state index is 0.255. The topological polar surface area (TPSA) is 68.2 Å². The van der Waals surface area contributed by atoms with Crippen molar-refractivity contribution in [1.29, 1.82) is 0 Å². The first kappa shape index (κ1) is 8.76. The van der Waals surface area contributed by atoms with E-state index >= 15 is 0 Å². The van der Waals surface area contributed by atoms with Gasteiger partial charge in [0, 0.05) is 12.4 Å². The van der Waals surface area contributed by atoms with Crippen molar-refractivity contribution in [2.24, 2.45) is 0 Å². The van der Waals surface area contributed by atoms with Crippen molar-refractivity contribution in [1.82, 2.24) is 20.3 Å². The number of nitrogens with zero attached hydrogens (tertiary/aromatic N) is 2. The van der Waals surface area contributed by atoms with Crippen LogP contribution in [0.4, 0.5) is 4.79 Å². The summed E-state index contributed by atoms with van der Waals surface area (Å²) in [5, 5.41) is 2.68. The van der Waals surface area contributed by atoms with Crippen LogP contribution in [0.15, 0.2) is 30.6 Å². The summed E-state index contributed by atoms with van der Waals surface area (Å²) in [5.74, 6) is 0.737. The molecule has 0 saturated heterocycles. The van der Waals surface area contributed by atoms with Crippen LogP contribution in [0.5, 0.6) is 0 Å². The zero-order valence-electron chi connectivity index (χ0n) is 7.60. The highest BCUT2D eigenvalue weighted by molar-refractivity contribution is 5.76. The van der Waals surface area contributed by atoms with Gasteiger partial charge in [0.25, 0.3) is 0 Å². The summed E-state index contributed by atoms with van der Waals surface area (Å²) in [6, 6.07) is -0.255. The predicted octanol–water partition coefficient (Wildman–Crippen LogP) is 0.205. The van der Waals surface area contributed by atoms with Gasteiger partial charge in [-0.2, -0.15) is 0 Å². The van der Waals surface area contributed by atoms with Crippen molar-refractivity contribution in [2.75, 3.05) is 0 Å². The smallest absolute Gasteiger partial charge is 0.328 e. The first-order valence-corrected chi connectivity index (χ1v) is 4.15. The molecule has 0 aliphatic carbocycles. The van der Waals surface area contributed by atoms with Gasteiger partial charge in [-0.15, -0.1) is 5.48 Å². The Morgan fingerprint density at radius 1 is 1.79 bits per heavy atom. The van der Waals surface area contributed by atoms with E-state index in [-0.39, 0.29) is 12.2 Å². The zero-order valence-corrected chi connectivity index (χ0v) is 7.60. The summed E-state index contributed by atoms with van der Waals surface area (Å²) >= 11 is 0. The van der Waals surface area contributed by atoms with E-state index in [9.17, 15) is 4.79 Å². The van der Waals surface area contributed by atoms with E-state index in [1.165, 1.54) is 10.9 Å². The number of carbonyl (C=O) groups excluding carboxylic acids is 1. The van der Waals surface area contributed by atoms with Crippen LogP contribution in [0, 0.1) is 0 Å². The minimum Gasteiger partial charge on any atom is -0.411 e. The highest BCUT2D eigenvalue weighted by Crippen LogP contribution is 2.03. The molecule has 0 radical (unpaired) electrons. The first-order chi connectivity index (χ1) is 6.75. The molecule has 0 bridgehead atoms. The molecule has 1 unspecified atom stereocenters. The van der Waals surface area contributed by atoms with Crippen LogP contribution in [0.3, 0.4) is 0 Å². The van der Waals surface area contributed by atoms with Crippen LogP contribution in [-0.4, -0.2) is 21.7 Å². The fourth-order valence-electron chi connectivity index (χ4n) is 1.12. The van der Waals surface area contributed by atoms with Crippen molar-refractivity contribution in [3.63, 3.8) is 0 Å². The number of amides is 1. The zero-order chi connectivity index (χ0) is 9.97. The van der Waals surface area contributed by atoms with Gasteiger partial charge in [0.2, 0.25) is 0 Å². The van der Waals surface area contributed by atoms with Gasteiger partial charge in [-0.3, -0.25) is 4.57 Å². The molecule has 1 aromatic rings. The molecule has 74 valence electrons. The molecule has 2 rings (SSSR count). The lowest BCUT2D eigenvalue weighted by Gasteiger charge is -2.09.